The van der Waals surface area contributed by atoms with Crippen LogP contribution in [-0.2, 0) is 11.2 Å². The molecule has 1 saturated heterocycles. The van der Waals surface area contributed by atoms with E-state index >= 15 is 0 Å². The molecular formula is C16H25FN2O. The Balaban J connectivity index is 2.13. The highest BCUT2D eigenvalue weighted by Gasteiger charge is 2.35. The topological polar surface area (TPSA) is 38.5 Å². The fourth-order valence-corrected chi connectivity index (χ4v) is 2.97. The molecule has 1 aliphatic rings. The Morgan fingerprint density at radius 3 is 2.30 bits per heavy atom. The summed E-state index contributed by atoms with van der Waals surface area (Å²) in [6.45, 7) is 8.72. The average molecular weight is 280 g/mol. The van der Waals surface area contributed by atoms with Crippen LogP contribution in [0.2, 0.25) is 0 Å². The highest BCUT2D eigenvalue weighted by Crippen LogP contribution is 2.24. The minimum atomic E-state index is -0.197. The first-order valence-corrected chi connectivity index (χ1v) is 7.28. The molecular weight excluding hydrogens is 255 g/mol. The van der Waals surface area contributed by atoms with Gasteiger partial charge in [-0.25, -0.2) is 4.39 Å². The van der Waals surface area contributed by atoms with Crippen LogP contribution in [0.1, 0.15) is 26.3 Å². The van der Waals surface area contributed by atoms with E-state index in [0.717, 1.165) is 25.1 Å². The molecule has 1 heterocycles. The zero-order valence-electron chi connectivity index (χ0n) is 12.6. The number of rotatable bonds is 4. The third kappa shape index (κ3) is 3.57. The lowest BCUT2D eigenvalue weighted by Crippen LogP contribution is -2.60. The van der Waals surface area contributed by atoms with Gasteiger partial charge in [0, 0.05) is 25.2 Å². The van der Waals surface area contributed by atoms with Gasteiger partial charge in [-0.1, -0.05) is 12.1 Å². The maximum atomic E-state index is 13.0. The van der Waals surface area contributed by atoms with Crippen LogP contribution in [0.3, 0.4) is 0 Å². The van der Waals surface area contributed by atoms with Gasteiger partial charge in [-0.15, -0.1) is 0 Å². The van der Waals surface area contributed by atoms with Gasteiger partial charge in [0.05, 0.1) is 12.2 Å². The van der Waals surface area contributed by atoms with Crippen LogP contribution in [0.25, 0.3) is 0 Å². The van der Waals surface area contributed by atoms with Crippen molar-refractivity contribution in [3.05, 3.63) is 35.6 Å². The van der Waals surface area contributed by atoms with E-state index in [-0.39, 0.29) is 23.6 Å². The molecule has 3 nitrogen and oxygen atoms in total. The lowest BCUT2D eigenvalue weighted by molar-refractivity contribution is -0.0972. The predicted molar refractivity (Wildman–Crippen MR) is 79.1 cm³/mol. The number of nitrogens with zero attached hydrogens (tertiary/aromatic N) is 1. The average Bonchev–Trinajstić information content (AvgIpc) is 2.40. The number of benzene rings is 1. The van der Waals surface area contributed by atoms with Gasteiger partial charge >= 0.3 is 0 Å². The molecule has 0 aromatic heterocycles. The molecule has 0 bridgehead atoms. The summed E-state index contributed by atoms with van der Waals surface area (Å²) >= 11 is 0. The van der Waals surface area contributed by atoms with E-state index in [9.17, 15) is 4.39 Å². The van der Waals surface area contributed by atoms with Crippen LogP contribution in [0.5, 0.6) is 0 Å². The van der Waals surface area contributed by atoms with E-state index in [1.54, 1.807) is 0 Å². The molecule has 0 aliphatic carbocycles. The Morgan fingerprint density at radius 2 is 1.80 bits per heavy atom. The van der Waals surface area contributed by atoms with Crippen molar-refractivity contribution in [1.82, 2.24) is 4.90 Å². The van der Waals surface area contributed by atoms with Gasteiger partial charge in [0.2, 0.25) is 0 Å². The van der Waals surface area contributed by atoms with Gasteiger partial charge in [-0.3, -0.25) is 4.90 Å². The molecule has 2 rings (SSSR count). The molecule has 0 spiro atoms. The SMILES string of the molecule is C[C@@H]1CN(C(C)(CN)Cc2ccc(F)cc2)C[C@H](C)O1. The summed E-state index contributed by atoms with van der Waals surface area (Å²) in [5.41, 5.74) is 7.05. The minimum Gasteiger partial charge on any atom is -0.373 e. The lowest BCUT2D eigenvalue weighted by atomic mass is 9.89. The van der Waals surface area contributed by atoms with Crippen molar-refractivity contribution in [2.75, 3.05) is 19.6 Å². The number of nitrogens with two attached hydrogens (primary N) is 1. The van der Waals surface area contributed by atoms with E-state index < -0.39 is 0 Å². The standard InChI is InChI=1S/C16H25FN2O/c1-12-9-19(10-13(2)20-12)16(3,11-18)8-14-4-6-15(17)7-5-14/h4-7,12-13H,8-11,18H2,1-3H3/t12-,13+,16?. The predicted octanol–water partition coefficient (Wildman–Crippen LogP) is 2.19. The van der Waals surface area contributed by atoms with E-state index in [0.29, 0.717) is 6.54 Å². The molecule has 112 valence electrons. The molecule has 1 unspecified atom stereocenters. The molecule has 0 saturated carbocycles. The number of morpholine rings is 1. The van der Waals surface area contributed by atoms with Gasteiger partial charge in [0.1, 0.15) is 5.82 Å². The summed E-state index contributed by atoms with van der Waals surface area (Å²) in [4.78, 5) is 2.41. The summed E-state index contributed by atoms with van der Waals surface area (Å²) < 4.78 is 18.8. The molecule has 0 radical (unpaired) electrons. The van der Waals surface area contributed by atoms with Crippen molar-refractivity contribution >= 4 is 0 Å². The Bertz CT molecular complexity index is 427. The van der Waals surface area contributed by atoms with Crippen LogP contribution in [0.15, 0.2) is 24.3 Å². The van der Waals surface area contributed by atoms with Crippen LogP contribution in [0, 0.1) is 5.82 Å². The molecule has 1 fully saturated rings. The van der Waals surface area contributed by atoms with Crippen molar-refractivity contribution < 1.29 is 9.13 Å². The fourth-order valence-electron chi connectivity index (χ4n) is 2.97. The Morgan fingerprint density at radius 1 is 1.25 bits per heavy atom. The Hall–Kier alpha value is -0.970. The quantitative estimate of drug-likeness (QED) is 0.919. The molecule has 4 heteroatoms. The first-order chi connectivity index (χ1) is 9.43. The summed E-state index contributed by atoms with van der Waals surface area (Å²) in [7, 11) is 0. The van der Waals surface area contributed by atoms with Crippen molar-refractivity contribution in [2.45, 2.75) is 44.9 Å². The third-order valence-corrected chi connectivity index (χ3v) is 4.12. The van der Waals surface area contributed by atoms with Gasteiger partial charge in [-0.05, 0) is 44.9 Å². The van der Waals surface area contributed by atoms with Crippen molar-refractivity contribution in [1.29, 1.82) is 0 Å². The number of halogens is 1. The molecule has 1 aromatic rings. The van der Waals surface area contributed by atoms with Gasteiger partial charge in [-0.2, -0.15) is 0 Å². The van der Waals surface area contributed by atoms with Crippen LogP contribution < -0.4 is 5.73 Å². The Labute approximate surface area is 120 Å². The molecule has 20 heavy (non-hydrogen) atoms. The monoisotopic (exact) mass is 280 g/mol. The summed E-state index contributed by atoms with van der Waals surface area (Å²) in [6.07, 6.45) is 1.26. The summed E-state index contributed by atoms with van der Waals surface area (Å²) in [5.74, 6) is -0.197. The van der Waals surface area contributed by atoms with E-state index in [2.05, 4.69) is 25.7 Å². The first-order valence-electron chi connectivity index (χ1n) is 7.28. The largest absolute Gasteiger partial charge is 0.373 e. The van der Waals surface area contributed by atoms with Gasteiger partial charge < -0.3 is 10.5 Å². The fraction of sp³-hybridized carbons (Fsp3) is 0.625. The number of hydrogen-bond donors (Lipinski definition) is 1. The smallest absolute Gasteiger partial charge is 0.123 e. The normalized spacial score (nSPS) is 27.2. The number of ether oxygens (including phenoxy) is 1. The third-order valence-electron chi connectivity index (χ3n) is 4.12. The maximum absolute atomic E-state index is 13.0. The van der Waals surface area contributed by atoms with Gasteiger partial charge in [0.15, 0.2) is 0 Å². The highest BCUT2D eigenvalue weighted by molar-refractivity contribution is 5.19. The first kappa shape index (κ1) is 15.4. The van der Waals surface area contributed by atoms with Crippen molar-refractivity contribution in [2.24, 2.45) is 5.73 Å². The van der Waals surface area contributed by atoms with E-state index in [1.165, 1.54) is 12.1 Å². The summed E-state index contributed by atoms with van der Waals surface area (Å²) in [6, 6.07) is 6.71. The second kappa shape index (κ2) is 6.20. The molecule has 1 aliphatic heterocycles. The molecule has 1 aromatic carbocycles. The Kier molecular flexibility index (Phi) is 4.78. The van der Waals surface area contributed by atoms with Gasteiger partial charge in [0.25, 0.3) is 0 Å². The maximum Gasteiger partial charge on any atom is 0.123 e. The molecule has 2 N–H and O–H groups in total. The zero-order chi connectivity index (χ0) is 14.8. The minimum absolute atomic E-state index is 0.121. The highest BCUT2D eigenvalue weighted by atomic mass is 19.1. The molecule has 0 amide bonds. The molecule has 3 atom stereocenters. The summed E-state index contributed by atoms with van der Waals surface area (Å²) in [5, 5.41) is 0. The van der Waals surface area contributed by atoms with Crippen molar-refractivity contribution in [3.63, 3.8) is 0 Å². The van der Waals surface area contributed by atoms with Crippen molar-refractivity contribution in [3.8, 4) is 0 Å². The van der Waals surface area contributed by atoms with E-state index in [1.807, 2.05) is 12.1 Å². The number of hydrogen-bond acceptors (Lipinski definition) is 3. The van der Waals surface area contributed by atoms with E-state index in [4.69, 9.17) is 10.5 Å². The second-order valence-corrected chi connectivity index (χ2v) is 6.17. The van der Waals surface area contributed by atoms with Crippen LogP contribution >= 0.6 is 0 Å². The van der Waals surface area contributed by atoms with Crippen LogP contribution in [-0.4, -0.2) is 42.3 Å². The van der Waals surface area contributed by atoms with Crippen LogP contribution in [0.4, 0.5) is 4.39 Å². The second-order valence-electron chi connectivity index (χ2n) is 6.17. The zero-order valence-corrected chi connectivity index (χ0v) is 12.6. The lowest BCUT2D eigenvalue weighted by Gasteiger charge is -2.46.